The molecule has 0 atom stereocenters. The van der Waals surface area contributed by atoms with Crippen molar-refractivity contribution < 1.29 is 45.0 Å². The molecule has 2 aliphatic heterocycles. The summed E-state index contributed by atoms with van der Waals surface area (Å²) in [4.78, 5) is 30.4. The molecule has 19 heteroatoms. The van der Waals surface area contributed by atoms with E-state index in [1.807, 2.05) is 54.3 Å². The van der Waals surface area contributed by atoms with Crippen LogP contribution in [0.25, 0.3) is 16.6 Å². The monoisotopic (exact) mass is 1050 g/mol. The molecule has 10 rings (SSSR count). The summed E-state index contributed by atoms with van der Waals surface area (Å²) in [6, 6.07) is 35.6. The number of para-hydroxylation sites is 1. The molecule has 5 heterocycles. The first-order valence-corrected chi connectivity index (χ1v) is 24.9. The largest absolute Gasteiger partial charge is 0.573 e. The van der Waals surface area contributed by atoms with E-state index in [-0.39, 0.29) is 29.4 Å². The fourth-order valence-corrected chi connectivity index (χ4v) is 9.57. The van der Waals surface area contributed by atoms with Gasteiger partial charge in [-0.1, -0.05) is 61.0 Å². The molecule has 11 nitrogen and oxygen atoms in total. The molecule has 390 valence electrons. The quantitative estimate of drug-likeness (QED) is 0.109. The van der Waals surface area contributed by atoms with Gasteiger partial charge in [0.25, 0.3) is 5.91 Å². The van der Waals surface area contributed by atoms with Crippen LogP contribution in [0.15, 0.2) is 140 Å². The number of nitrogens with one attached hydrogen (secondary N) is 2. The maximum Gasteiger partial charge on any atom is 0.573 e. The number of pyridine rings is 1. The Bertz CT molecular complexity index is 3210. The standard InChI is InChI=1S/C29H28ClF3N4O2.C27H24F4N4O/c1-2-25-27(37-18-22(30)7-12-26(37)35-25)28(38)34-17-19-3-8-23(9-4-19)36-15-13-21(14-16-36)20-5-10-24(11-6-20)39-29(31,32)33;28-23-15-18(16-32-26-22-3-1-2-4-24(22)33-17-34-26)5-10-25(23)36-21-11-13-35(14-12-21)20-8-6-19(7-9-20)27(29,30)31/h3-12,18,21H,2,13-17H2,1H3,(H,34,38);1-10,15,17,21H,11-14,16H2,(H,32,33,34). The van der Waals surface area contributed by atoms with Gasteiger partial charge >= 0.3 is 12.5 Å². The molecule has 0 unspecified atom stereocenters. The molecular weight excluding hydrogens is 1000 g/mol. The number of hydrogen-bond acceptors (Lipinski definition) is 9. The molecule has 2 aliphatic rings. The van der Waals surface area contributed by atoms with Gasteiger partial charge in [0.05, 0.1) is 21.8 Å². The van der Waals surface area contributed by atoms with Crippen molar-refractivity contribution in [2.45, 2.75) is 76.7 Å². The van der Waals surface area contributed by atoms with E-state index in [0.717, 1.165) is 82.7 Å². The van der Waals surface area contributed by atoms with E-state index in [0.29, 0.717) is 67.6 Å². The van der Waals surface area contributed by atoms with Crippen LogP contribution in [0.3, 0.4) is 0 Å². The minimum Gasteiger partial charge on any atom is -0.487 e. The summed E-state index contributed by atoms with van der Waals surface area (Å²) >= 11 is 6.14. The highest BCUT2D eigenvalue weighted by molar-refractivity contribution is 6.30. The number of hydrogen-bond donors (Lipinski definition) is 2. The number of carbonyl (C=O) groups is 1. The Balaban J connectivity index is 0.000000184. The van der Waals surface area contributed by atoms with E-state index in [4.69, 9.17) is 16.3 Å². The van der Waals surface area contributed by atoms with E-state index in [1.54, 1.807) is 40.9 Å². The molecule has 75 heavy (non-hydrogen) atoms. The van der Waals surface area contributed by atoms with Crippen LogP contribution in [0.2, 0.25) is 5.02 Å². The highest BCUT2D eigenvalue weighted by Gasteiger charge is 2.32. The Labute approximate surface area is 433 Å². The number of halogens is 8. The van der Waals surface area contributed by atoms with Gasteiger partial charge in [-0.25, -0.2) is 19.3 Å². The van der Waals surface area contributed by atoms with Crippen molar-refractivity contribution in [1.82, 2.24) is 24.7 Å². The normalized spacial score (nSPS) is 14.6. The van der Waals surface area contributed by atoms with E-state index < -0.39 is 23.9 Å². The smallest absolute Gasteiger partial charge is 0.487 e. The zero-order chi connectivity index (χ0) is 52.7. The molecule has 0 saturated carbocycles. The molecule has 0 spiro atoms. The second kappa shape index (κ2) is 22.9. The second-order valence-electron chi connectivity index (χ2n) is 18.3. The van der Waals surface area contributed by atoms with E-state index in [1.165, 1.54) is 36.7 Å². The van der Waals surface area contributed by atoms with Crippen LogP contribution in [-0.4, -0.2) is 63.9 Å². The average Bonchev–Trinajstić information content (AvgIpc) is 3.79. The number of nitrogens with zero attached hydrogens (tertiary/aromatic N) is 6. The Morgan fingerprint density at radius 1 is 0.747 bits per heavy atom. The van der Waals surface area contributed by atoms with Crippen LogP contribution in [0.1, 0.15) is 77.0 Å². The van der Waals surface area contributed by atoms with Crippen molar-refractivity contribution >= 4 is 51.3 Å². The number of aryl methyl sites for hydroxylation is 1. The Morgan fingerprint density at radius 2 is 1.40 bits per heavy atom. The third-order valence-corrected chi connectivity index (χ3v) is 13.6. The first-order valence-electron chi connectivity index (χ1n) is 24.5. The molecular formula is C56H52ClF7N8O3. The van der Waals surface area contributed by atoms with Gasteiger partial charge in [0.1, 0.15) is 35.3 Å². The molecule has 8 aromatic rings. The van der Waals surface area contributed by atoms with Crippen LogP contribution in [-0.2, 0) is 25.7 Å². The van der Waals surface area contributed by atoms with E-state index in [2.05, 4.69) is 47.4 Å². The topological polar surface area (TPSA) is 109 Å². The lowest BCUT2D eigenvalue weighted by Gasteiger charge is -2.34. The lowest BCUT2D eigenvalue weighted by atomic mass is 9.89. The summed E-state index contributed by atoms with van der Waals surface area (Å²) in [6.45, 7) is 5.66. The predicted molar refractivity (Wildman–Crippen MR) is 275 cm³/mol. The molecule has 0 aliphatic carbocycles. The zero-order valence-electron chi connectivity index (χ0n) is 40.6. The maximum absolute atomic E-state index is 14.8. The van der Waals surface area contributed by atoms with Crippen molar-refractivity contribution in [3.05, 3.63) is 184 Å². The number of benzene rings is 5. The number of amides is 1. The van der Waals surface area contributed by atoms with Gasteiger partial charge in [-0.3, -0.25) is 9.20 Å². The molecule has 1 amide bonds. The molecule has 2 saturated heterocycles. The summed E-state index contributed by atoms with van der Waals surface area (Å²) in [5, 5.41) is 7.66. The van der Waals surface area contributed by atoms with E-state index in [9.17, 15) is 35.5 Å². The maximum atomic E-state index is 14.8. The highest BCUT2D eigenvalue weighted by atomic mass is 35.5. The molecule has 3 aromatic heterocycles. The Hall–Kier alpha value is -7.60. The number of fused-ring (bicyclic) bond motifs is 2. The van der Waals surface area contributed by atoms with Gasteiger partial charge in [0.2, 0.25) is 0 Å². The van der Waals surface area contributed by atoms with Crippen LogP contribution < -0.4 is 29.9 Å². The van der Waals surface area contributed by atoms with Gasteiger partial charge < -0.3 is 29.9 Å². The van der Waals surface area contributed by atoms with Crippen LogP contribution in [0.5, 0.6) is 11.5 Å². The Kier molecular flexibility index (Phi) is 15.9. The zero-order valence-corrected chi connectivity index (χ0v) is 41.4. The fraction of sp³-hybridized carbons (Fsp3) is 0.286. The number of anilines is 3. The third-order valence-electron chi connectivity index (χ3n) is 13.3. The van der Waals surface area contributed by atoms with Crippen molar-refractivity contribution in [3.8, 4) is 11.5 Å². The molecule has 2 fully saturated rings. The average molecular weight is 1050 g/mol. The lowest BCUT2D eigenvalue weighted by Crippen LogP contribution is -2.38. The first-order chi connectivity index (χ1) is 36.1. The van der Waals surface area contributed by atoms with Crippen molar-refractivity contribution in [2.24, 2.45) is 0 Å². The highest BCUT2D eigenvalue weighted by Crippen LogP contribution is 2.34. The number of carbonyl (C=O) groups excluding carboxylic acids is 1. The van der Waals surface area contributed by atoms with Crippen molar-refractivity contribution in [1.29, 1.82) is 0 Å². The summed E-state index contributed by atoms with van der Waals surface area (Å²) in [6.07, 6.45) is -2.28. The Morgan fingerprint density at radius 3 is 2.05 bits per heavy atom. The van der Waals surface area contributed by atoms with Gasteiger partial charge in [-0.05, 0) is 127 Å². The number of rotatable bonds is 13. The lowest BCUT2D eigenvalue weighted by molar-refractivity contribution is -0.274. The van der Waals surface area contributed by atoms with Gasteiger partial charge in [-0.15, -0.1) is 13.2 Å². The summed E-state index contributed by atoms with van der Waals surface area (Å²) in [7, 11) is 0. The van der Waals surface area contributed by atoms with Crippen molar-refractivity contribution in [2.75, 3.05) is 41.3 Å². The number of piperidine rings is 2. The number of ether oxygens (including phenoxy) is 2. The summed E-state index contributed by atoms with van der Waals surface area (Å²) in [5.41, 5.74) is 6.65. The van der Waals surface area contributed by atoms with E-state index >= 15 is 0 Å². The fourth-order valence-electron chi connectivity index (χ4n) is 9.41. The predicted octanol–water partition coefficient (Wildman–Crippen LogP) is 13.2. The summed E-state index contributed by atoms with van der Waals surface area (Å²) in [5.74, 6) is 0.324. The van der Waals surface area contributed by atoms with Crippen LogP contribution >= 0.6 is 11.6 Å². The first kappa shape index (κ1) is 52.3. The van der Waals surface area contributed by atoms with Gasteiger partial charge in [-0.2, -0.15) is 13.2 Å². The number of imidazole rings is 1. The minimum atomic E-state index is -4.68. The SMILES string of the molecule is CCc1nc2ccc(Cl)cn2c1C(=O)NCc1ccc(N2CCC(c3ccc(OC(F)(F)F)cc3)CC2)cc1.Fc1cc(CNc2ncnc3ccccc23)ccc1OC1CCN(c2ccc(C(F)(F)F)cc2)CC1. The summed E-state index contributed by atoms with van der Waals surface area (Å²) < 4.78 is 102. The third kappa shape index (κ3) is 13.2. The van der Waals surface area contributed by atoms with Crippen LogP contribution in [0.4, 0.5) is 47.9 Å². The second-order valence-corrected chi connectivity index (χ2v) is 18.7. The van der Waals surface area contributed by atoms with Gasteiger partial charge in [0.15, 0.2) is 11.6 Å². The number of alkyl halides is 6. The molecule has 2 N–H and O–H groups in total. The number of aromatic nitrogens is 4. The molecule has 5 aromatic carbocycles. The van der Waals surface area contributed by atoms with Crippen molar-refractivity contribution in [3.63, 3.8) is 0 Å². The molecule has 0 radical (unpaired) electrons. The van der Waals surface area contributed by atoms with Gasteiger partial charge in [0, 0.05) is 75.1 Å². The minimum absolute atomic E-state index is 0.165. The molecule has 0 bridgehead atoms. The van der Waals surface area contributed by atoms with Crippen LogP contribution in [0, 0.1) is 5.82 Å².